The highest BCUT2D eigenvalue weighted by Crippen LogP contribution is 2.30. The maximum absolute atomic E-state index is 12.8. The van der Waals surface area contributed by atoms with E-state index >= 15 is 0 Å². The molecule has 0 bridgehead atoms. The summed E-state index contributed by atoms with van der Waals surface area (Å²) in [6, 6.07) is 12.4. The van der Waals surface area contributed by atoms with Gasteiger partial charge in [0.05, 0.1) is 19.9 Å². The van der Waals surface area contributed by atoms with E-state index in [1.165, 1.54) is 12.0 Å². The van der Waals surface area contributed by atoms with Gasteiger partial charge in [0, 0.05) is 0 Å². The lowest BCUT2D eigenvalue weighted by molar-refractivity contribution is -0.113. The largest absolute Gasteiger partial charge is 0.497 e. The molecular weight excluding hydrogens is 376 g/mol. The van der Waals surface area contributed by atoms with Crippen molar-refractivity contribution < 1.29 is 19.0 Å². The number of terminal acetylenes is 1. The fourth-order valence-corrected chi connectivity index (χ4v) is 2.98. The van der Waals surface area contributed by atoms with Gasteiger partial charge in [0.15, 0.2) is 16.6 Å². The maximum Gasteiger partial charge on any atom is 0.281 e. The van der Waals surface area contributed by atoms with Gasteiger partial charge in [-0.2, -0.15) is 0 Å². The monoisotopic (exact) mass is 394 g/mol. The smallest absolute Gasteiger partial charge is 0.281 e. The SMILES string of the molecule is C#CCOc1ccc(/C=C2\NC(=S)N(c3ccc(OC)cc3)C2=O)cc1OC. The summed E-state index contributed by atoms with van der Waals surface area (Å²) in [4.78, 5) is 14.3. The normalized spacial score (nSPS) is 14.6. The molecule has 142 valence electrons. The van der Waals surface area contributed by atoms with Crippen molar-refractivity contribution in [2.75, 3.05) is 25.7 Å². The van der Waals surface area contributed by atoms with Crippen molar-refractivity contribution in [2.24, 2.45) is 0 Å². The van der Waals surface area contributed by atoms with Gasteiger partial charge in [-0.1, -0.05) is 12.0 Å². The summed E-state index contributed by atoms with van der Waals surface area (Å²) in [5.41, 5.74) is 1.77. The van der Waals surface area contributed by atoms with Crippen LogP contribution in [0.3, 0.4) is 0 Å². The topological polar surface area (TPSA) is 60.0 Å². The first-order valence-corrected chi connectivity index (χ1v) is 8.73. The van der Waals surface area contributed by atoms with E-state index in [9.17, 15) is 4.79 Å². The van der Waals surface area contributed by atoms with Crippen LogP contribution in [0.5, 0.6) is 17.2 Å². The number of nitrogens with one attached hydrogen (secondary N) is 1. The summed E-state index contributed by atoms with van der Waals surface area (Å²) in [6.07, 6.45) is 6.92. The number of hydrogen-bond donors (Lipinski definition) is 1. The second-order valence-electron chi connectivity index (χ2n) is 5.73. The zero-order valence-corrected chi connectivity index (χ0v) is 16.2. The standard InChI is InChI=1S/C21H18N2O4S/c1-4-11-27-18-10-5-14(13-19(18)26-3)12-17-20(24)23(21(28)22-17)15-6-8-16(25-2)9-7-15/h1,5-10,12-13H,11H2,2-3H3,(H,22,28)/b17-12-. The van der Waals surface area contributed by atoms with Crippen LogP contribution in [0, 0.1) is 12.3 Å². The van der Waals surface area contributed by atoms with Crippen molar-refractivity contribution in [1.82, 2.24) is 5.32 Å². The molecule has 2 aromatic rings. The molecule has 0 atom stereocenters. The Balaban J connectivity index is 1.86. The van der Waals surface area contributed by atoms with E-state index in [2.05, 4.69) is 11.2 Å². The van der Waals surface area contributed by atoms with Crippen LogP contribution in [0.15, 0.2) is 48.2 Å². The fraction of sp³-hybridized carbons (Fsp3) is 0.143. The lowest BCUT2D eigenvalue weighted by Gasteiger charge is -2.14. The molecule has 0 spiro atoms. The molecular formula is C21H18N2O4S. The Morgan fingerprint density at radius 1 is 1.14 bits per heavy atom. The Labute approximate surface area is 168 Å². The zero-order valence-electron chi connectivity index (χ0n) is 15.4. The summed E-state index contributed by atoms with van der Waals surface area (Å²) in [5.74, 6) is 3.91. The van der Waals surface area contributed by atoms with Crippen LogP contribution < -0.4 is 24.4 Å². The average Bonchev–Trinajstić information content (AvgIpc) is 3.00. The third kappa shape index (κ3) is 3.92. The van der Waals surface area contributed by atoms with Crippen LogP contribution in [0.4, 0.5) is 5.69 Å². The third-order valence-corrected chi connectivity index (χ3v) is 4.30. The Morgan fingerprint density at radius 2 is 1.89 bits per heavy atom. The van der Waals surface area contributed by atoms with Crippen molar-refractivity contribution in [2.45, 2.75) is 0 Å². The lowest BCUT2D eigenvalue weighted by atomic mass is 10.1. The maximum atomic E-state index is 12.8. The lowest BCUT2D eigenvalue weighted by Crippen LogP contribution is -2.30. The highest BCUT2D eigenvalue weighted by Gasteiger charge is 2.32. The Kier molecular flexibility index (Phi) is 5.82. The average molecular weight is 394 g/mol. The molecule has 1 fully saturated rings. The van der Waals surface area contributed by atoms with Crippen molar-refractivity contribution in [3.05, 3.63) is 53.7 Å². The number of ether oxygens (including phenoxy) is 3. The summed E-state index contributed by atoms with van der Waals surface area (Å²) >= 11 is 5.33. The molecule has 1 aliphatic heterocycles. The minimum Gasteiger partial charge on any atom is -0.497 e. The molecule has 0 saturated carbocycles. The fourth-order valence-electron chi connectivity index (χ4n) is 2.68. The second kappa shape index (κ2) is 8.46. The first-order valence-electron chi connectivity index (χ1n) is 8.33. The molecule has 28 heavy (non-hydrogen) atoms. The van der Waals surface area contributed by atoms with Crippen LogP contribution >= 0.6 is 12.2 Å². The second-order valence-corrected chi connectivity index (χ2v) is 6.12. The molecule has 1 saturated heterocycles. The highest BCUT2D eigenvalue weighted by molar-refractivity contribution is 7.80. The minimum absolute atomic E-state index is 0.141. The third-order valence-electron chi connectivity index (χ3n) is 4.02. The molecule has 0 unspecified atom stereocenters. The van der Waals surface area contributed by atoms with E-state index in [0.717, 1.165) is 5.56 Å². The van der Waals surface area contributed by atoms with E-state index in [1.54, 1.807) is 55.7 Å². The van der Waals surface area contributed by atoms with E-state index < -0.39 is 0 Å². The first-order chi connectivity index (χ1) is 13.6. The number of anilines is 1. The van der Waals surface area contributed by atoms with Crippen molar-refractivity contribution in [3.63, 3.8) is 0 Å². The van der Waals surface area contributed by atoms with Gasteiger partial charge < -0.3 is 19.5 Å². The van der Waals surface area contributed by atoms with Gasteiger partial charge in [-0.15, -0.1) is 6.42 Å². The number of carbonyl (C=O) groups is 1. The number of methoxy groups -OCH3 is 2. The highest BCUT2D eigenvalue weighted by atomic mass is 32.1. The number of amides is 1. The first kappa shape index (κ1) is 19.3. The predicted octanol–water partition coefficient (Wildman–Crippen LogP) is 2.98. The number of hydrogen-bond acceptors (Lipinski definition) is 5. The van der Waals surface area contributed by atoms with Crippen LogP contribution in [0.25, 0.3) is 6.08 Å². The van der Waals surface area contributed by atoms with Gasteiger partial charge in [-0.05, 0) is 60.3 Å². The van der Waals surface area contributed by atoms with Gasteiger partial charge >= 0.3 is 0 Å². The van der Waals surface area contributed by atoms with Crippen molar-refractivity contribution >= 4 is 35.0 Å². The zero-order chi connectivity index (χ0) is 20.1. The molecule has 3 rings (SSSR count). The summed E-state index contributed by atoms with van der Waals surface area (Å²) in [6.45, 7) is 0.141. The van der Waals surface area contributed by atoms with Crippen LogP contribution in [0.2, 0.25) is 0 Å². The minimum atomic E-state index is -0.248. The van der Waals surface area contributed by atoms with Gasteiger partial charge in [0.2, 0.25) is 0 Å². The van der Waals surface area contributed by atoms with E-state index in [4.69, 9.17) is 32.9 Å². The van der Waals surface area contributed by atoms with Crippen LogP contribution in [-0.2, 0) is 4.79 Å². The molecule has 1 amide bonds. The Morgan fingerprint density at radius 3 is 2.54 bits per heavy atom. The molecule has 0 radical (unpaired) electrons. The molecule has 6 nitrogen and oxygen atoms in total. The van der Waals surface area contributed by atoms with Gasteiger partial charge in [0.25, 0.3) is 5.91 Å². The molecule has 7 heteroatoms. The quantitative estimate of drug-likeness (QED) is 0.462. The molecule has 1 aliphatic rings. The number of benzene rings is 2. The number of rotatable bonds is 6. The van der Waals surface area contributed by atoms with Crippen molar-refractivity contribution in [1.29, 1.82) is 0 Å². The van der Waals surface area contributed by atoms with E-state index in [-0.39, 0.29) is 12.5 Å². The number of carbonyl (C=O) groups excluding carboxylic acids is 1. The van der Waals surface area contributed by atoms with Crippen LogP contribution in [0.1, 0.15) is 5.56 Å². The molecule has 1 N–H and O–H groups in total. The van der Waals surface area contributed by atoms with Crippen LogP contribution in [-0.4, -0.2) is 31.8 Å². The molecule has 2 aromatic carbocycles. The summed E-state index contributed by atoms with van der Waals surface area (Å²) in [7, 11) is 3.12. The molecule has 0 aromatic heterocycles. The van der Waals surface area contributed by atoms with Crippen molar-refractivity contribution in [3.8, 4) is 29.6 Å². The van der Waals surface area contributed by atoms with Gasteiger partial charge in [-0.3, -0.25) is 9.69 Å². The van der Waals surface area contributed by atoms with Gasteiger partial charge in [0.1, 0.15) is 18.1 Å². The Hall–Kier alpha value is -3.50. The predicted molar refractivity (Wildman–Crippen MR) is 112 cm³/mol. The summed E-state index contributed by atoms with van der Waals surface area (Å²) < 4.78 is 15.9. The number of thiocarbonyl (C=S) groups is 1. The van der Waals surface area contributed by atoms with Gasteiger partial charge in [-0.25, -0.2) is 0 Å². The summed E-state index contributed by atoms with van der Waals surface area (Å²) in [5, 5.41) is 3.26. The Bertz CT molecular complexity index is 977. The van der Waals surface area contributed by atoms with E-state index in [1.807, 2.05) is 0 Å². The molecule has 1 heterocycles. The number of nitrogens with zero attached hydrogens (tertiary/aromatic N) is 1. The van der Waals surface area contributed by atoms with E-state index in [0.29, 0.717) is 33.7 Å². The molecule has 0 aliphatic carbocycles.